The molecule has 3 unspecified atom stereocenters. The first-order valence-corrected chi connectivity index (χ1v) is 7.66. The highest BCUT2D eigenvalue weighted by Crippen LogP contribution is 2.33. The molecule has 0 amide bonds. The van der Waals surface area contributed by atoms with E-state index < -0.39 is 0 Å². The van der Waals surface area contributed by atoms with Gasteiger partial charge in [0.15, 0.2) is 0 Å². The molecular weight excluding hydrogens is 210 g/mol. The predicted molar refractivity (Wildman–Crippen MR) is 72.2 cm³/mol. The summed E-state index contributed by atoms with van der Waals surface area (Å²) in [5.74, 6) is 1.67. The van der Waals surface area contributed by atoms with Gasteiger partial charge in [-0.2, -0.15) is 0 Å². The first-order valence-electron chi connectivity index (χ1n) is 7.66. The molecule has 2 rings (SSSR count). The van der Waals surface area contributed by atoms with Crippen molar-refractivity contribution < 1.29 is 4.74 Å². The standard InChI is InChI=1S/C15H29NO/c1-3-9-16-15(13-7-5-4-6-8-13)14-10-12(2)17-11-14/h12-16H,3-11H2,1-2H3. The van der Waals surface area contributed by atoms with E-state index in [0.717, 1.165) is 24.5 Å². The maximum Gasteiger partial charge on any atom is 0.0551 e. The van der Waals surface area contributed by atoms with Crippen molar-refractivity contribution in [2.45, 2.75) is 70.9 Å². The van der Waals surface area contributed by atoms with Crippen LogP contribution in [0, 0.1) is 11.8 Å². The van der Waals surface area contributed by atoms with Crippen molar-refractivity contribution >= 4 is 0 Å². The van der Waals surface area contributed by atoms with Crippen molar-refractivity contribution in [3.8, 4) is 0 Å². The molecule has 1 saturated carbocycles. The molecule has 3 atom stereocenters. The average molecular weight is 239 g/mol. The summed E-state index contributed by atoms with van der Waals surface area (Å²) in [6, 6.07) is 0.722. The van der Waals surface area contributed by atoms with E-state index >= 15 is 0 Å². The van der Waals surface area contributed by atoms with Gasteiger partial charge in [0.05, 0.1) is 12.7 Å². The predicted octanol–water partition coefficient (Wildman–Crippen LogP) is 3.36. The van der Waals surface area contributed by atoms with Gasteiger partial charge < -0.3 is 10.1 Å². The van der Waals surface area contributed by atoms with Crippen LogP contribution in [0.5, 0.6) is 0 Å². The topological polar surface area (TPSA) is 21.3 Å². The molecule has 1 aliphatic heterocycles. The van der Waals surface area contributed by atoms with E-state index in [9.17, 15) is 0 Å². The maximum absolute atomic E-state index is 5.78. The molecule has 2 heteroatoms. The van der Waals surface area contributed by atoms with E-state index in [-0.39, 0.29) is 0 Å². The van der Waals surface area contributed by atoms with Crippen molar-refractivity contribution in [1.82, 2.24) is 5.32 Å². The first-order chi connectivity index (χ1) is 8.31. The smallest absolute Gasteiger partial charge is 0.0551 e. The number of hydrogen-bond donors (Lipinski definition) is 1. The molecule has 0 aromatic carbocycles. The van der Waals surface area contributed by atoms with Crippen LogP contribution >= 0.6 is 0 Å². The Bertz CT molecular complexity index is 208. The summed E-state index contributed by atoms with van der Waals surface area (Å²) in [5.41, 5.74) is 0. The van der Waals surface area contributed by atoms with Gasteiger partial charge >= 0.3 is 0 Å². The minimum atomic E-state index is 0.481. The molecule has 0 bridgehead atoms. The van der Waals surface area contributed by atoms with Crippen molar-refractivity contribution in [2.75, 3.05) is 13.2 Å². The quantitative estimate of drug-likeness (QED) is 0.794. The summed E-state index contributed by atoms with van der Waals surface area (Å²) in [6.07, 6.45) is 10.2. The van der Waals surface area contributed by atoms with Gasteiger partial charge in [0.25, 0.3) is 0 Å². The third-order valence-corrected chi connectivity index (χ3v) is 4.53. The molecule has 1 N–H and O–H groups in total. The van der Waals surface area contributed by atoms with Crippen LogP contribution in [-0.4, -0.2) is 25.3 Å². The highest BCUT2D eigenvalue weighted by molar-refractivity contribution is 4.88. The molecule has 1 saturated heterocycles. The van der Waals surface area contributed by atoms with Gasteiger partial charge in [-0.05, 0) is 45.1 Å². The van der Waals surface area contributed by atoms with Gasteiger partial charge in [0, 0.05) is 12.0 Å². The van der Waals surface area contributed by atoms with E-state index in [1.54, 1.807) is 0 Å². The number of ether oxygens (including phenoxy) is 1. The van der Waals surface area contributed by atoms with Crippen LogP contribution in [0.3, 0.4) is 0 Å². The monoisotopic (exact) mass is 239 g/mol. The van der Waals surface area contributed by atoms with Crippen LogP contribution in [0.1, 0.15) is 58.8 Å². The summed E-state index contributed by atoms with van der Waals surface area (Å²) >= 11 is 0. The zero-order valence-corrected chi connectivity index (χ0v) is 11.6. The lowest BCUT2D eigenvalue weighted by atomic mass is 9.78. The van der Waals surface area contributed by atoms with E-state index in [0.29, 0.717) is 6.10 Å². The van der Waals surface area contributed by atoms with Crippen LogP contribution in [0.4, 0.5) is 0 Å². The highest BCUT2D eigenvalue weighted by Gasteiger charge is 2.34. The fourth-order valence-electron chi connectivity index (χ4n) is 3.62. The Morgan fingerprint density at radius 3 is 2.53 bits per heavy atom. The molecule has 0 aromatic rings. The van der Waals surface area contributed by atoms with E-state index in [2.05, 4.69) is 19.2 Å². The lowest BCUT2D eigenvalue weighted by Gasteiger charge is -2.34. The van der Waals surface area contributed by atoms with Gasteiger partial charge in [-0.15, -0.1) is 0 Å². The maximum atomic E-state index is 5.78. The van der Waals surface area contributed by atoms with Gasteiger partial charge in [-0.25, -0.2) is 0 Å². The number of rotatable bonds is 5. The number of hydrogen-bond acceptors (Lipinski definition) is 2. The fraction of sp³-hybridized carbons (Fsp3) is 1.00. The molecule has 100 valence electrons. The van der Waals surface area contributed by atoms with Crippen LogP contribution in [-0.2, 0) is 4.74 Å². The van der Waals surface area contributed by atoms with Crippen LogP contribution in [0.2, 0.25) is 0 Å². The van der Waals surface area contributed by atoms with Crippen LogP contribution in [0.15, 0.2) is 0 Å². The molecule has 2 nitrogen and oxygen atoms in total. The lowest BCUT2D eigenvalue weighted by molar-refractivity contribution is 0.110. The first kappa shape index (κ1) is 13.4. The summed E-state index contributed by atoms with van der Waals surface area (Å²) in [6.45, 7) is 6.64. The Morgan fingerprint density at radius 1 is 1.18 bits per heavy atom. The summed E-state index contributed by atoms with van der Waals surface area (Å²) < 4.78 is 5.78. The summed E-state index contributed by atoms with van der Waals surface area (Å²) in [4.78, 5) is 0. The second kappa shape index (κ2) is 6.75. The minimum Gasteiger partial charge on any atom is -0.378 e. The largest absolute Gasteiger partial charge is 0.378 e. The van der Waals surface area contributed by atoms with Crippen LogP contribution < -0.4 is 5.32 Å². The SMILES string of the molecule is CCCNC(C1CCCCC1)C1COC(C)C1. The second-order valence-corrected chi connectivity index (χ2v) is 6.02. The zero-order valence-electron chi connectivity index (χ0n) is 11.6. The summed E-state index contributed by atoms with van der Waals surface area (Å²) in [5, 5.41) is 3.82. The summed E-state index contributed by atoms with van der Waals surface area (Å²) in [7, 11) is 0. The molecule has 1 aliphatic carbocycles. The Labute approximate surface area is 107 Å². The molecule has 0 radical (unpaired) electrons. The Kier molecular flexibility index (Phi) is 5.30. The molecule has 0 aromatic heterocycles. The molecule has 0 spiro atoms. The second-order valence-electron chi connectivity index (χ2n) is 6.02. The van der Waals surface area contributed by atoms with E-state index in [1.807, 2.05) is 0 Å². The normalized spacial score (nSPS) is 32.8. The van der Waals surface area contributed by atoms with Gasteiger partial charge in [0.1, 0.15) is 0 Å². The fourth-order valence-corrected chi connectivity index (χ4v) is 3.62. The Morgan fingerprint density at radius 2 is 1.94 bits per heavy atom. The zero-order chi connectivity index (χ0) is 12.1. The van der Waals surface area contributed by atoms with Gasteiger partial charge in [0.2, 0.25) is 0 Å². The highest BCUT2D eigenvalue weighted by atomic mass is 16.5. The van der Waals surface area contributed by atoms with Crippen molar-refractivity contribution in [2.24, 2.45) is 11.8 Å². The minimum absolute atomic E-state index is 0.481. The lowest BCUT2D eigenvalue weighted by Crippen LogP contribution is -2.43. The third kappa shape index (κ3) is 3.69. The molecular formula is C15H29NO. The van der Waals surface area contributed by atoms with Crippen molar-refractivity contribution in [3.05, 3.63) is 0 Å². The van der Waals surface area contributed by atoms with Crippen LogP contribution in [0.25, 0.3) is 0 Å². The van der Waals surface area contributed by atoms with E-state index in [4.69, 9.17) is 4.74 Å². The van der Waals surface area contributed by atoms with Crippen molar-refractivity contribution in [1.29, 1.82) is 0 Å². The Hall–Kier alpha value is -0.0800. The molecule has 2 fully saturated rings. The Balaban J connectivity index is 1.91. The average Bonchev–Trinajstić information content (AvgIpc) is 2.78. The van der Waals surface area contributed by atoms with Crippen molar-refractivity contribution in [3.63, 3.8) is 0 Å². The molecule has 2 aliphatic rings. The van der Waals surface area contributed by atoms with Gasteiger partial charge in [-0.1, -0.05) is 26.2 Å². The van der Waals surface area contributed by atoms with Gasteiger partial charge in [-0.3, -0.25) is 0 Å². The molecule has 1 heterocycles. The third-order valence-electron chi connectivity index (χ3n) is 4.53. The number of nitrogens with one attached hydrogen (secondary N) is 1. The molecule has 17 heavy (non-hydrogen) atoms. The van der Waals surface area contributed by atoms with E-state index in [1.165, 1.54) is 51.5 Å².